The molecule has 0 radical (unpaired) electrons. The monoisotopic (exact) mass is 385 g/mol. The molecule has 0 amide bonds. The molecule has 3 aromatic rings. The summed E-state index contributed by atoms with van der Waals surface area (Å²) < 4.78 is 29.2. The highest BCUT2D eigenvalue weighted by atomic mass is 79.9. The number of ether oxygens (including phenoxy) is 1. The number of nitrogens with zero attached hydrogens (tertiary/aromatic N) is 4. The van der Waals surface area contributed by atoms with Gasteiger partial charge in [-0.2, -0.15) is 0 Å². The molecule has 3 rings (SSSR count). The second-order valence-corrected chi connectivity index (χ2v) is 5.12. The minimum absolute atomic E-state index is 0.00165. The van der Waals surface area contributed by atoms with Gasteiger partial charge in [-0.25, -0.2) is 18.4 Å². The van der Waals surface area contributed by atoms with Crippen LogP contribution in [0.25, 0.3) is 17.2 Å². The van der Waals surface area contributed by atoms with Gasteiger partial charge < -0.3 is 10.5 Å². The van der Waals surface area contributed by atoms with Gasteiger partial charge in [0.2, 0.25) is 11.5 Å². The molecule has 120 valence electrons. The zero-order valence-corrected chi connectivity index (χ0v) is 13.0. The van der Waals surface area contributed by atoms with E-state index in [0.717, 1.165) is 4.57 Å². The Hall–Kier alpha value is -2.53. The SMILES string of the molecule is NCCOc1nonc1-c1noc(=O)n1-c1ccc(F)c(Br)c1. The van der Waals surface area contributed by atoms with Crippen LogP contribution in [0.2, 0.25) is 0 Å². The Balaban J connectivity index is 2.11. The van der Waals surface area contributed by atoms with Crippen LogP contribution in [0.5, 0.6) is 5.88 Å². The zero-order chi connectivity index (χ0) is 16.4. The number of hydrogen-bond acceptors (Lipinski definition) is 8. The molecular formula is C12H9BrFN5O4. The second kappa shape index (κ2) is 6.30. The topological polar surface area (TPSA) is 122 Å². The molecule has 0 spiro atoms. The highest BCUT2D eigenvalue weighted by Crippen LogP contribution is 2.27. The smallest absolute Gasteiger partial charge is 0.446 e. The van der Waals surface area contributed by atoms with Crippen molar-refractivity contribution in [1.29, 1.82) is 0 Å². The van der Waals surface area contributed by atoms with Gasteiger partial charge in [-0.1, -0.05) is 5.16 Å². The van der Waals surface area contributed by atoms with Crippen molar-refractivity contribution < 1.29 is 18.3 Å². The average Bonchev–Trinajstić information content (AvgIpc) is 3.14. The summed E-state index contributed by atoms with van der Waals surface area (Å²) in [5.41, 5.74) is 5.73. The van der Waals surface area contributed by atoms with Gasteiger partial charge in [0, 0.05) is 6.54 Å². The van der Waals surface area contributed by atoms with E-state index in [9.17, 15) is 9.18 Å². The molecule has 23 heavy (non-hydrogen) atoms. The largest absolute Gasteiger partial charge is 0.472 e. The first-order valence-electron chi connectivity index (χ1n) is 6.31. The standard InChI is InChI=1S/C12H9BrFN5O4/c13-7-5-6(1-2-8(7)14)19-10(17-22-12(19)20)9-11(18-23-16-9)21-4-3-15/h1-2,5H,3-4,15H2. The lowest BCUT2D eigenvalue weighted by Crippen LogP contribution is -2.14. The van der Waals surface area contributed by atoms with Crippen molar-refractivity contribution in [2.75, 3.05) is 13.2 Å². The van der Waals surface area contributed by atoms with Gasteiger partial charge in [0.15, 0.2) is 0 Å². The Morgan fingerprint density at radius 3 is 2.91 bits per heavy atom. The van der Waals surface area contributed by atoms with Gasteiger partial charge in [0.1, 0.15) is 12.4 Å². The number of halogens is 2. The molecule has 0 fully saturated rings. The van der Waals surface area contributed by atoms with Crippen LogP contribution in [-0.4, -0.2) is 33.2 Å². The Kier molecular flexibility index (Phi) is 4.21. The number of hydrogen-bond donors (Lipinski definition) is 1. The van der Waals surface area contributed by atoms with E-state index in [2.05, 4.69) is 40.6 Å². The Labute approximate surface area is 135 Å². The molecule has 1 aromatic carbocycles. The number of rotatable bonds is 5. The summed E-state index contributed by atoms with van der Waals surface area (Å²) in [6.45, 7) is 0.425. The van der Waals surface area contributed by atoms with Crippen LogP contribution in [0.15, 0.2) is 36.6 Å². The molecule has 11 heteroatoms. The molecule has 2 aromatic heterocycles. The normalized spacial score (nSPS) is 10.9. The third kappa shape index (κ3) is 2.87. The van der Waals surface area contributed by atoms with E-state index in [1.807, 2.05) is 0 Å². The summed E-state index contributed by atoms with van der Waals surface area (Å²) in [6, 6.07) is 3.97. The highest BCUT2D eigenvalue weighted by molar-refractivity contribution is 9.10. The third-order valence-corrected chi connectivity index (χ3v) is 3.40. The highest BCUT2D eigenvalue weighted by Gasteiger charge is 2.24. The molecule has 0 aliphatic carbocycles. The third-order valence-electron chi connectivity index (χ3n) is 2.79. The van der Waals surface area contributed by atoms with Crippen LogP contribution in [-0.2, 0) is 0 Å². The molecule has 9 nitrogen and oxygen atoms in total. The summed E-state index contributed by atoms with van der Waals surface area (Å²) >= 11 is 3.05. The molecule has 0 saturated carbocycles. The fourth-order valence-corrected chi connectivity index (χ4v) is 2.19. The van der Waals surface area contributed by atoms with Gasteiger partial charge in [0.05, 0.1) is 10.2 Å². The van der Waals surface area contributed by atoms with Crippen LogP contribution in [0, 0.1) is 5.82 Å². The summed E-state index contributed by atoms with van der Waals surface area (Å²) in [7, 11) is 0. The molecule has 2 heterocycles. The van der Waals surface area contributed by atoms with E-state index in [4.69, 9.17) is 10.5 Å². The van der Waals surface area contributed by atoms with Crippen LogP contribution >= 0.6 is 15.9 Å². The van der Waals surface area contributed by atoms with Crippen molar-refractivity contribution in [3.05, 3.63) is 39.0 Å². The lowest BCUT2D eigenvalue weighted by Gasteiger charge is -2.05. The van der Waals surface area contributed by atoms with E-state index in [1.165, 1.54) is 18.2 Å². The Morgan fingerprint density at radius 2 is 2.17 bits per heavy atom. The van der Waals surface area contributed by atoms with Crippen LogP contribution in [0.4, 0.5) is 4.39 Å². The molecule has 0 bridgehead atoms. The van der Waals surface area contributed by atoms with Crippen LogP contribution in [0.1, 0.15) is 0 Å². The minimum atomic E-state index is -0.786. The van der Waals surface area contributed by atoms with Crippen molar-refractivity contribution in [3.8, 4) is 23.1 Å². The van der Waals surface area contributed by atoms with E-state index in [0.29, 0.717) is 5.69 Å². The van der Waals surface area contributed by atoms with Crippen LogP contribution < -0.4 is 16.2 Å². The van der Waals surface area contributed by atoms with E-state index >= 15 is 0 Å². The van der Waals surface area contributed by atoms with Gasteiger partial charge in [-0.15, -0.1) is 0 Å². The lowest BCUT2D eigenvalue weighted by atomic mass is 10.3. The predicted molar refractivity (Wildman–Crippen MR) is 77.6 cm³/mol. The summed E-state index contributed by atoms with van der Waals surface area (Å²) in [5.74, 6) is -1.25. The molecule has 0 saturated heterocycles. The molecule has 0 aliphatic rings. The van der Waals surface area contributed by atoms with Gasteiger partial charge >= 0.3 is 5.76 Å². The second-order valence-electron chi connectivity index (χ2n) is 4.26. The van der Waals surface area contributed by atoms with Crippen molar-refractivity contribution in [2.24, 2.45) is 5.73 Å². The maximum atomic E-state index is 13.4. The van der Waals surface area contributed by atoms with E-state index in [-0.39, 0.29) is 35.0 Å². The quantitative estimate of drug-likeness (QED) is 0.692. The maximum absolute atomic E-state index is 13.4. The van der Waals surface area contributed by atoms with Crippen molar-refractivity contribution in [2.45, 2.75) is 0 Å². The van der Waals surface area contributed by atoms with Gasteiger partial charge in [-0.3, -0.25) is 4.52 Å². The van der Waals surface area contributed by atoms with E-state index < -0.39 is 11.6 Å². The summed E-state index contributed by atoms with van der Waals surface area (Å²) in [6.07, 6.45) is 0. The predicted octanol–water partition coefficient (Wildman–Crippen LogP) is 1.11. The van der Waals surface area contributed by atoms with Crippen molar-refractivity contribution in [3.63, 3.8) is 0 Å². The van der Waals surface area contributed by atoms with Gasteiger partial charge in [0.25, 0.3) is 5.88 Å². The lowest BCUT2D eigenvalue weighted by molar-refractivity contribution is 0.260. The van der Waals surface area contributed by atoms with Crippen LogP contribution in [0.3, 0.4) is 0 Å². The first kappa shape index (κ1) is 15.4. The summed E-state index contributed by atoms with van der Waals surface area (Å²) in [4.78, 5) is 11.9. The zero-order valence-electron chi connectivity index (χ0n) is 11.4. The molecule has 2 N–H and O–H groups in total. The number of benzene rings is 1. The maximum Gasteiger partial charge on any atom is 0.446 e. The first-order valence-corrected chi connectivity index (χ1v) is 7.11. The minimum Gasteiger partial charge on any atom is -0.472 e. The van der Waals surface area contributed by atoms with Crippen molar-refractivity contribution in [1.82, 2.24) is 20.0 Å². The fraction of sp³-hybridized carbons (Fsp3) is 0.167. The van der Waals surface area contributed by atoms with Crippen molar-refractivity contribution >= 4 is 15.9 Å². The molecule has 0 atom stereocenters. The van der Waals surface area contributed by atoms with Gasteiger partial charge in [-0.05, 0) is 44.4 Å². The number of nitrogens with two attached hydrogens (primary N) is 1. The number of aromatic nitrogens is 4. The fourth-order valence-electron chi connectivity index (χ4n) is 1.82. The molecular weight excluding hydrogens is 377 g/mol. The molecule has 0 unspecified atom stereocenters. The molecule has 0 aliphatic heterocycles. The Morgan fingerprint density at radius 1 is 1.35 bits per heavy atom. The summed E-state index contributed by atoms with van der Waals surface area (Å²) in [5, 5.41) is 10.9. The first-order chi connectivity index (χ1) is 11.1. The Bertz CT molecular complexity index is 890. The average molecular weight is 386 g/mol. The van der Waals surface area contributed by atoms with E-state index in [1.54, 1.807) is 0 Å².